The first-order valence-corrected chi connectivity index (χ1v) is 9.63. The van der Waals surface area contributed by atoms with Crippen LogP contribution in [0.4, 0.5) is 5.69 Å². The molecule has 0 bridgehead atoms. The fraction of sp³-hybridized carbons (Fsp3) is 0.217. The van der Waals surface area contributed by atoms with Crippen LogP contribution in [-0.2, 0) is 0 Å². The number of carbonyl (C=O) groups excluding carboxylic acids is 1. The average molecular weight is 372 g/mol. The normalized spacial score (nSPS) is 14.0. The third-order valence-electron chi connectivity index (χ3n) is 5.02. The minimum atomic E-state index is -0.210. The Balaban J connectivity index is 1.41. The predicted octanol–water partition coefficient (Wildman–Crippen LogP) is 4.15. The number of rotatable bonds is 5. The van der Waals surface area contributed by atoms with Gasteiger partial charge in [-0.1, -0.05) is 12.1 Å². The minimum absolute atomic E-state index is 0.210. The molecule has 1 aliphatic rings. The van der Waals surface area contributed by atoms with Crippen molar-refractivity contribution in [3.63, 3.8) is 0 Å². The summed E-state index contributed by atoms with van der Waals surface area (Å²) in [5.74, 6) is -0.210. The molecule has 0 unspecified atom stereocenters. The summed E-state index contributed by atoms with van der Waals surface area (Å²) < 4.78 is 2.04. The van der Waals surface area contributed by atoms with E-state index in [0.717, 1.165) is 24.5 Å². The number of anilines is 1. The number of carbonyl (C=O) groups is 1. The van der Waals surface area contributed by atoms with Crippen molar-refractivity contribution in [3.8, 4) is 5.69 Å². The summed E-state index contributed by atoms with van der Waals surface area (Å²) in [4.78, 5) is 14.7. The number of hydrogen-bond acceptors (Lipinski definition) is 3. The van der Waals surface area contributed by atoms with E-state index in [4.69, 9.17) is 0 Å². The molecule has 3 aromatic rings. The molecule has 28 heavy (non-hydrogen) atoms. The van der Waals surface area contributed by atoms with Crippen molar-refractivity contribution in [1.29, 1.82) is 0 Å². The largest absolute Gasteiger partial charge is 0.372 e. The van der Waals surface area contributed by atoms with Gasteiger partial charge in [0.25, 0.3) is 5.91 Å². The highest BCUT2D eigenvalue weighted by molar-refractivity contribution is 5.95. The molecular formula is C23H24N4O. The van der Waals surface area contributed by atoms with Gasteiger partial charge in [-0.05, 0) is 73.9 Å². The zero-order chi connectivity index (χ0) is 19.3. The van der Waals surface area contributed by atoms with Crippen LogP contribution >= 0.6 is 0 Å². The lowest BCUT2D eigenvalue weighted by molar-refractivity contribution is 0.0955. The van der Waals surface area contributed by atoms with Crippen LogP contribution in [0.5, 0.6) is 0 Å². The van der Waals surface area contributed by atoms with E-state index in [-0.39, 0.29) is 5.91 Å². The maximum absolute atomic E-state index is 12.4. The summed E-state index contributed by atoms with van der Waals surface area (Å²) in [6.07, 6.45) is 6.12. The van der Waals surface area contributed by atoms with Crippen LogP contribution in [0.1, 0.15) is 34.5 Å². The number of nitrogens with one attached hydrogen (secondary N) is 1. The molecule has 5 nitrogen and oxygen atoms in total. The molecule has 1 fully saturated rings. The van der Waals surface area contributed by atoms with Gasteiger partial charge in [-0.2, -0.15) is 5.10 Å². The van der Waals surface area contributed by atoms with Gasteiger partial charge in [-0.25, -0.2) is 5.43 Å². The first-order chi connectivity index (χ1) is 13.7. The molecule has 4 rings (SSSR count). The molecule has 1 N–H and O–H groups in total. The van der Waals surface area contributed by atoms with Gasteiger partial charge in [0.1, 0.15) is 0 Å². The first-order valence-electron chi connectivity index (χ1n) is 9.63. The Labute approximate surface area is 165 Å². The Morgan fingerprint density at radius 3 is 2.54 bits per heavy atom. The van der Waals surface area contributed by atoms with Crippen LogP contribution in [0, 0.1) is 6.92 Å². The summed E-state index contributed by atoms with van der Waals surface area (Å²) in [5.41, 5.74) is 7.56. The lowest BCUT2D eigenvalue weighted by Gasteiger charge is -2.17. The van der Waals surface area contributed by atoms with Crippen LogP contribution in [0.15, 0.2) is 72.0 Å². The van der Waals surface area contributed by atoms with E-state index in [0.29, 0.717) is 5.56 Å². The second kappa shape index (κ2) is 8.13. The SMILES string of the molecule is Cc1cccc(-n2cccc2/C=N\NC(=O)c2ccc(N3CCCC3)cc2)c1. The number of nitrogens with zero attached hydrogens (tertiary/aromatic N) is 3. The molecule has 2 aromatic carbocycles. The highest BCUT2D eigenvalue weighted by atomic mass is 16.2. The van der Waals surface area contributed by atoms with Crippen LogP contribution in [0.3, 0.4) is 0 Å². The molecule has 1 aromatic heterocycles. The summed E-state index contributed by atoms with van der Waals surface area (Å²) in [6, 6.07) is 19.9. The highest BCUT2D eigenvalue weighted by Crippen LogP contribution is 2.20. The Kier molecular flexibility index (Phi) is 5.24. The van der Waals surface area contributed by atoms with Crippen molar-refractivity contribution in [3.05, 3.63) is 83.7 Å². The molecule has 0 saturated carbocycles. The molecule has 0 radical (unpaired) electrons. The lowest BCUT2D eigenvalue weighted by atomic mass is 10.2. The fourth-order valence-electron chi connectivity index (χ4n) is 3.53. The second-order valence-corrected chi connectivity index (χ2v) is 7.08. The van der Waals surface area contributed by atoms with Crippen LogP contribution < -0.4 is 10.3 Å². The van der Waals surface area contributed by atoms with Gasteiger partial charge in [-0.15, -0.1) is 0 Å². The van der Waals surface area contributed by atoms with Gasteiger partial charge >= 0.3 is 0 Å². The van der Waals surface area contributed by atoms with Crippen molar-refractivity contribution in [2.75, 3.05) is 18.0 Å². The predicted molar refractivity (Wildman–Crippen MR) is 113 cm³/mol. The molecule has 1 saturated heterocycles. The summed E-state index contributed by atoms with van der Waals surface area (Å²) in [6.45, 7) is 4.25. The van der Waals surface area contributed by atoms with Crippen molar-refractivity contribution in [1.82, 2.24) is 9.99 Å². The molecular weight excluding hydrogens is 348 g/mol. The Hall–Kier alpha value is -3.34. The molecule has 0 spiro atoms. The van der Waals surface area contributed by atoms with Gasteiger partial charge in [-0.3, -0.25) is 4.79 Å². The van der Waals surface area contributed by atoms with Crippen molar-refractivity contribution >= 4 is 17.8 Å². The number of hydrogen-bond donors (Lipinski definition) is 1. The van der Waals surface area contributed by atoms with Crippen LogP contribution in [0.25, 0.3) is 5.69 Å². The minimum Gasteiger partial charge on any atom is -0.372 e. The Bertz CT molecular complexity index is 982. The number of amides is 1. The molecule has 2 heterocycles. The van der Waals surface area contributed by atoms with Crippen LogP contribution in [-0.4, -0.2) is 29.8 Å². The van der Waals surface area contributed by atoms with Crippen molar-refractivity contribution in [2.24, 2.45) is 5.10 Å². The number of aromatic nitrogens is 1. The maximum Gasteiger partial charge on any atom is 0.271 e. The van der Waals surface area contributed by atoms with E-state index in [1.165, 1.54) is 24.1 Å². The Morgan fingerprint density at radius 1 is 1.00 bits per heavy atom. The van der Waals surface area contributed by atoms with Gasteiger partial charge < -0.3 is 9.47 Å². The monoisotopic (exact) mass is 372 g/mol. The zero-order valence-electron chi connectivity index (χ0n) is 16.0. The van der Waals surface area contributed by atoms with E-state index in [2.05, 4.69) is 34.5 Å². The van der Waals surface area contributed by atoms with Gasteiger partial charge in [0.2, 0.25) is 0 Å². The topological polar surface area (TPSA) is 49.6 Å². The highest BCUT2D eigenvalue weighted by Gasteiger charge is 2.13. The number of benzene rings is 2. The van der Waals surface area contributed by atoms with E-state index in [9.17, 15) is 4.79 Å². The van der Waals surface area contributed by atoms with Gasteiger partial charge in [0.05, 0.1) is 11.9 Å². The average Bonchev–Trinajstić information content (AvgIpc) is 3.40. The first kappa shape index (κ1) is 18.0. The smallest absolute Gasteiger partial charge is 0.271 e. The summed E-state index contributed by atoms with van der Waals surface area (Å²) in [5, 5.41) is 4.14. The van der Waals surface area contributed by atoms with Crippen LogP contribution in [0.2, 0.25) is 0 Å². The van der Waals surface area contributed by atoms with Crippen molar-refractivity contribution in [2.45, 2.75) is 19.8 Å². The van der Waals surface area contributed by atoms with Gasteiger partial charge in [0, 0.05) is 36.2 Å². The molecule has 1 aliphatic heterocycles. The molecule has 1 amide bonds. The Morgan fingerprint density at radius 2 is 1.79 bits per heavy atom. The molecule has 0 atom stereocenters. The molecule has 5 heteroatoms. The fourth-order valence-corrected chi connectivity index (χ4v) is 3.53. The summed E-state index contributed by atoms with van der Waals surface area (Å²) >= 11 is 0. The number of aryl methyl sites for hydroxylation is 1. The molecule has 142 valence electrons. The van der Waals surface area contributed by atoms with E-state index >= 15 is 0 Å². The third kappa shape index (κ3) is 3.98. The van der Waals surface area contributed by atoms with Crippen molar-refractivity contribution < 1.29 is 4.79 Å². The van der Waals surface area contributed by atoms with Gasteiger partial charge in [0.15, 0.2) is 0 Å². The van der Waals surface area contributed by atoms with E-state index < -0.39 is 0 Å². The second-order valence-electron chi connectivity index (χ2n) is 7.08. The lowest BCUT2D eigenvalue weighted by Crippen LogP contribution is -2.19. The zero-order valence-corrected chi connectivity index (χ0v) is 16.0. The standard InChI is InChI=1S/C23H24N4O/c1-18-6-4-7-21(16-18)27-15-5-8-22(27)17-24-25-23(28)19-9-11-20(12-10-19)26-13-2-3-14-26/h4-12,15-17H,2-3,13-14H2,1H3,(H,25,28)/b24-17-. The van der Waals surface area contributed by atoms with E-state index in [1.54, 1.807) is 6.21 Å². The molecule has 0 aliphatic carbocycles. The third-order valence-corrected chi connectivity index (χ3v) is 5.02. The number of hydrazone groups is 1. The quantitative estimate of drug-likeness (QED) is 0.540. The van der Waals surface area contributed by atoms with E-state index in [1.807, 2.05) is 59.3 Å². The maximum atomic E-state index is 12.4. The summed E-state index contributed by atoms with van der Waals surface area (Å²) in [7, 11) is 0.